The minimum Gasteiger partial charge on any atom is -0.508 e. The van der Waals surface area contributed by atoms with Crippen molar-refractivity contribution >= 4 is 0 Å². The Labute approximate surface area is 161 Å². The Morgan fingerprint density at radius 3 is 1.88 bits per heavy atom. The lowest BCUT2D eigenvalue weighted by Gasteiger charge is -2.17. The Morgan fingerprint density at radius 2 is 1.38 bits per heavy atom. The molecule has 1 aromatic rings. The highest BCUT2D eigenvalue weighted by Gasteiger charge is 2.35. The van der Waals surface area contributed by atoms with Gasteiger partial charge < -0.3 is 10.2 Å². The number of rotatable bonds is 11. The summed E-state index contributed by atoms with van der Waals surface area (Å²) in [7, 11) is 0. The van der Waals surface area contributed by atoms with Crippen LogP contribution < -0.4 is 0 Å². The number of aryl methyl sites for hydroxylation is 2. The van der Waals surface area contributed by atoms with E-state index in [2.05, 4.69) is 27.7 Å². The van der Waals surface area contributed by atoms with Crippen molar-refractivity contribution in [1.82, 2.24) is 0 Å². The van der Waals surface area contributed by atoms with Crippen molar-refractivity contribution in [3.8, 4) is 11.5 Å². The van der Waals surface area contributed by atoms with Crippen molar-refractivity contribution in [3.63, 3.8) is 0 Å². The number of hydrogen-bond donors (Lipinski definition) is 2. The maximum atomic E-state index is 10.6. The average molecular weight is 361 g/mol. The Kier molecular flexibility index (Phi) is 7.43. The lowest BCUT2D eigenvalue weighted by Crippen LogP contribution is -2.04. The van der Waals surface area contributed by atoms with Gasteiger partial charge in [-0.05, 0) is 85.5 Å². The fourth-order valence-electron chi connectivity index (χ4n) is 3.78. The van der Waals surface area contributed by atoms with Crippen molar-refractivity contribution in [1.29, 1.82) is 0 Å². The smallest absolute Gasteiger partial charge is 0.122 e. The van der Waals surface area contributed by atoms with Gasteiger partial charge in [0, 0.05) is 0 Å². The Balaban J connectivity index is 1.75. The highest BCUT2D eigenvalue weighted by Crippen LogP contribution is 2.49. The van der Waals surface area contributed by atoms with E-state index < -0.39 is 0 Å². The van der Waals surface area contributed by atoms with Gasteiger partial charge in [0.15, 0.2) is 0 Å². The van der Waals surface area contributed by atoms with Gasteiger partial charge in [-0.1, -0.05) is 53.4 Å². The van der Waals surface area contributed by atoms with Crippen molar-refractivity contribution < 1.29 is 10.2 Å². The molecular weight excluding hydrogens is 320 g/mol. The van der Waals surface area contributed by atoms with Crippen molar-refractivity contribution in [3.05, 3.63) is 23.3 Å². The Morgan fingerprint density at radius 1 is 0.846 bits per heavy atom. The number of aromatic hydroxyl groups is 2. The van der Waals surface area contributed by atoms with E-state index in [1.54, 1.807) is 12.1 Å². The second-order valence-electron chi connectivity index (χ2n) is 10.1. The van der Waals surface area contributed by atoms with Crippen LogP contribution in [0.5, 0.6) is 11.5 Å². The zero-order valence-corrected chi connectivity index (χ0v) is 17.5. The van der Waals surface area contributed by atoms with Gasteiger partial charge in [-0.25, -0.2) is 0 Å². The molecule has 148 valence electrons. The number of phenolic OH excluding ortho intramolecular Hbond substituents is 2. The molecule has 0 heterocycles. The molecule has 1 aromatic carbocycles. The first-order chi connectivity index (χ1) is 12.2. The van der Waals surface area contributed by atoms with E-state index in [0.717, 1.165) is 36.8 Å². The molecule has 2 heteroatoms. The summed E-state index contributed by atoms with van der Waals surface area (Å²) in [4.78, 5) is 0. The van der Waals surface area contributed by atoms with Gasteiger partial charge in [0.25, 0.3) is 0 Å². The summed E-state index contributed by atoms with van der Waals surface area (Å²) in [5, 5.41) is 20.6. The molecule has 1 saturated carbocycles. The van der Waals surface area contributed by atoms with E-state index in [4.69, 9.17) is 0 Å². The maximum absolute atomic E-state index is 10.6. The van der Waals surface area contributed by atoms with E-state index >= 15 is 0 Å². The third kappa shape index (κ3) is 7.60. The first-order valence-electron chi connectivity index (χ1n) is 10.7. The topological polar surface area (TPSA) is 40.5 Å². The molecule has 0 amide bonds. The molecular formula is C24H40O2. The van der Waals surface area contributed by atoms with Crippen LogP contribution in [0.1, 0.15) is 103 Å². The third-order valence-electron chi connectivity index (χ3n) is 5.96. The molecule has 0 spiro atoms. The predicted molar refractivity (Wildman–Crippen MR) is 111 cm³/mol. The Bertz CT molecular complexity index is 528. The molecule has 0 atom stereocenters. The molecule has 0 aromatic heterocycles. The second-order valence-corrected chi connectivity index (χ2v) is 10.1. The molecule has 0 radical (unpaired) electrons. The molecule has 2 N–H and O–H groups in total. The predicted octanol–water partition coefficient (Wildman–Crippen LogP) is 7.15. The largest absolute Gasteiger partial charge is 0.508 e. The number of benzene rings is 1. The van der Waals surface area contributed by atoms with E-state index in [9.17, 15) is 10.2 Å². The van der Waals surface area contributed by atoms with Crippen LogP contribution in [-0.4, -0.2) is 10.2 Å². The monoisotopic (exact) mass is 360 g/mol. The third-order valence-corrected chi connectivity index (χ3v) is 5.96. The second kappa shape index (κ2) is 9.15. The highest BCUT2D eigenvalue weighted by molar-refractivity contribution is 5.46. The van der Waals surface area contributed by atoms with E-state index in [1.165, 1.54) is 51.4 Å². The average Bonchev–Trinajstić information content (AvgIpc) is 3.27. The molecule has 0 saturated heterocycles. The summed E-state index contributed by atoms with van der Waals surface area (Å²) in [6.07, 6.45) is 14.2. The maximum Gasteiger partial charge on any atom is 0.122 e. The fraction of sp³-hybridized carbons (Fsp3) is 0.750. The molecule has 0 unspecified atom stereocenters. The van der Waals surface area contributed by atoms with Crippen LogP contribution in [0.2, 0.25) is 0 Å². The van der Waals surface area contributed by atoms with Crippen LogP contribution in [0.15, 0.2) is 12.1 Å². The number of unbranched alkanes of at least 4 members (excludes halogenated alkanes) is 4. The SMILES string of the molecule is CC(C)(C)CCCCCc1cc(O)cc(CCCCCC2(C)CC2)c1O. The lowest BCUT2D eigenvalue weighted by atomic mass is 9.89. The fourth-order valence-corrected chi connectivity index (χ4v) is 3.78. The van der Waals surface area contributed by atoms with E-state index in [1.807, 2.05) is 0 Å². The van der Waals surface area contributed by atoms with Crippen LogP contribution in [0.4, 0.5) is 0 Å². The van der Waals surface area contributed by atoms with Gasteiger partial charge in [0.05, 0.1) is 0 Å². The standard InChI is InChI=1S/C24H40O2/c1-23(2,3)13-9-5-7-11-19-17-21(25)18-20(22(19)26)12-8-6-10-14-24(4)15-16-24/h17-18,25-26H,5-16H2,1-4H3. The minimum atomic E-state index is 0.299. The molecule has 0 aliphatic heterocycles. The molecule has 2 rings (SSSR count). The van der Waals surface area contributed by atoms with Crippen LogP contribution in [-0.2, 0) is 12.8 Å². The summed E-state index contributed by atoms with van der Waals surface area (Å²) in [6, 6.07) is 3.50. The van der Waals surface area contributed by atoms with Gasteiger partial charge >= 0.3 is 0 Å². The van der Waals surface area contributed by atoms with Gasteiger partial charge in [-0.3, -0.25) is 0 Å². The van der Waals surface area contributed by atoms with Gasteiger partial charge in [-0.2, -0.15) is 0 Å². The Hall–Kier alpha value is -1.18. The van der Waals surface area contributed by atoms with Crippen LogP contribution in [0, 0.1) is 10.8 Å². The molecule has 2 nitrogen and oxygen atoms in total. The van der Waals surface area contributed by atoms with Crippen molar-refractivity contribution in [2.45, 2.75) is 105 Å². The molecule has 1 aliphatic rings. The zero-order chi connectivity index (χ0) is 19.2. The lowest BCUT2D eigenvalue weighted by molar-refractivity contribution is 0.357. The number of hydrogen-bond acceptors (Lipinski definition) is 2. The molecule has 26 heavy (non-hydrogen) atoms. The summed E-state index contributed by atoms with van der Waals surface area (Å²) in [5.74, 6) is 0.723. The van der Waals surface area contributed by atoms with Gasteiger partial charge in [-0.15, -0.1) is 0 Å². The van der Waals surface area contributed by atoms with Crippen molar-refractivity contribution in [2.24, 2.45) is 10.8 Å². The van der Waals surface area contributed by atoms with Crippen LogP contribution in [0.3, 0.4) is 0 Å². The van der Waals surface area contributed by atoms with Crippen molar-refractivity contribution in [2.75, 3.05) is 0 Å². The van der Waals surface area contributed by atoms with Gasteiger partial charge in [0.1, 0.15) is 11.5 Å². The molecule has 0 bridgehead atoms. The first kappa shape index (κ1) is 21.1. The van der Waals surface area contributed by atoms with Crippen LogP contribution >= 0.6 is 0 Å². The number of phenols is 2. The van der Waals surface area contributed by atoms with Gasteiger partial charge in [0.2, 0.25) is 0 Å². The highest BCUT2D eigenvalue weighted by atomic mass is 16.3. The minimum absolute atomic E-state index is 0.299. The normalized spacial score (nSPS) is 16.0. The zero-order valence-electron chi connectivity index (χ0n) is 17.5. The quantitative estimate of drug-likeness (QED) is 0.325. The summed E-state index contributed by atoms with van der Waals surface area (Å²) in [6.45, 7) is 9.24. The van der Waals surface area contributed by atoms with E-state index in [-0.39, 0.29) is 0 Å². The molecule has 1 fully saturated rings. The van der Waals surface area contributed by atoms with E-state index in [0.29, 0.717) is 22.3 Å². The summed E-state index contributed by atoms with van der Waals surface area (Å²) >= 11 is 0. The first-order valence-corrected chi connectivity index (χ1v) is 10.7. The summed E-state index contributed by atoms with van der Waals surface area (Å²) < 4.78 is 0. The summed E-state index contributed by atoms with van der Waals surface area (Å²) in [5.41, 5.74) is 2.89. The van der Waals surface area contributed by atoms with Crippen LogP contribution in [0.25, 0.3) is 0 Å². The molecule has 1 aliphatic carbocycles.